The average molecular weight is 317 g/mol. The molecule has 6 heteroatoms. The van der Waals surface area contributed by atoms with E-state index in [2.05, 4.69) is 16.3 Å². The summed E-state index contributed by atoms with van der Waals surface area (Å²) in [5, 5.41) is 17.4. The quantitative estimate of drug-likeness (QED) is 0.728. The molecule has 1 atom stereocenters. The highest BCUT2D eigenvalue weighted by Gasteiger charge is 2.33. The second kappa shape index (κ2) is 5.78. The van der Waals surface area contributed by atoms with Crippen LogP contribution in [0.25, 0.3) is 5.65 Å². The van der Waals surface area contributed by atoms with E-state index >= 15 is 0 Å². The largest absolute Gasteiger partial charge is 0.328 e. The van der Waals surface area contributed by atoms with Gasteiger partial charge in [-0.15, -0.1) is 10.2 Å². The van der Waals surface area contributed by atoms with Gasteiger partial charge in [-0.1, -0.05) is 6.07 Å². The van der Waals surface area contributed by atoms with Crippen molar-refractivity contribution in [3.05, 3.63) is 65.6 Å². The van der Waals surface area contributed by atoms with Gasteiger partial charge in [0.05, 0.1) is 17.7 Å². The van der Waals surface area contributed by atoms with Gasteiger partial charge in [0.2, 0.25) is 0 Å². The predicted octanol–water partition coefficient (Wildman–Crippen LogP) is 2.58. The molecule has 0 saturated carbocycles. The Balaban J connectivity index is 1.67. The molecule has 4 rings (SSSR count). The highest BCUT2D eigenvalue weighted by molar-refractivity contribution is 5.94. The van der Waals surface area contributed by atoms with E-state index in [4.69, 9.17) is 5.26 Å². The van der Waals surface area contributed by atoms with Crippen molar-refractivity contribution in [1.82, 2.24) is 19.5 Å². The van der Waals surface area contributed by atoms with Gasteiger partial charge in [-0.2, -0.15) is 5.26 Å². The number of benzene rings is 1. The van der Waals surface area contributed by atoms with Crippen LogP contribution < -0.4 is 0 Å². The zero-order valence-electron chi connectivity index (χ0n) is 13.0. The van der Waals surface area contributed by atoms with E-state index in [1.165, 1.54) is 0 Å². The third-order valence-electron chi connectivity index (χ3n) is 4.41. The standard InChI is InChI=1S/C18H15N5O/c19-12-13-6-8-14(9-7-13)18(24)22-11-3-4-15(22)17-21-20-16-5-1-2-10-23(16)17/h1-2,5-10,15H,3-4,11H2/t15-/m1/s1. The van der Waals surface area contributed by atoms with Crippen molar-refractivity contribution < 1.29 is 4.79 Å². The number of pyridine rings is 1. The lowest BCUT2D eigenvalue weighted by molar-refractivity contribution is 0.0729. The van der Waals surface area contributed by atoms with E-state index in [9.17, 15) is 4.79 Å². The molecule has 1 aliphatic rings. The molecule has 1 amide bonds. The van der Waals surface area contributed by atoms with Crippen LogP contribution in [-0.4, -0.2) is 31.9 Å². The number of nitrogens with zero attached hydrogens (tertiary/aromatic N) is 5. The van der Waals surface area contributed by atoms with Crippen LogP contribution in [0.3, 0.4) is 0 Å². The molecular weight excluding hydrogens is 302 g/mol. The van der Waals surface area contributed by atoms with Gasteiger partial charge >= 0.3 is 0 Å². The minimum absolute atomic E-state index is 0.0327. The molecule has 1 saturated heterocycles. The summed E-state index contributed by atoms with van der Waals surface area (Å²) in [6, 6.07) is 14.5. The lowest BCUT2D eigenvalue weighted by atomic mass is 10.1. The number of nitriles is 1. The molecule has 0 aliphatic carbocycles. The molecule has 24 heavy (non-hydrogen) atoms. The van der Waals surface area contributed by atoms with Gasteiger partial charge in [0.1, 0.15) is 0 Å². The summed E-state index contributed by atoms with van der Waals surface area (Å²) >= 11 is 0. The first-order chi connectivity index (χ1) is 11.8. The first-order valence-electron chi connectivity index (χ1n) is 7.89. The van der Waals surface area contributed by atoms with Crippen LogP contribution in [0.15, 0.2) is 48.7 Å². The van der Waals surface area contributed by atoms with Crippen LogP contribution in [-0.2, 0) is 0 Å². The minimum Gasteiger partial charge on any atom is -0.328 e. The van der Waals surface area contributed by atoms with Gasteiger partial charge in [-0.05, 0) is 49.2 Å². The highest BCUT2D eigenvalue weighted by atomic mass is 16.2. The second-order valence-corrected chi connectivity index (χ2v) is 5.83. The summed E-state index contributed by atoms with van der Waals surface area (Å²) in [4.78, 5) is 14.7. The number of fused-ring (bicyclic) bond motifs is 1. The Hall–Kier alpha value is -3.20. The molecule has 1 fully saturated rings. The highest BCUT2D eigenvalue weighted by Crippen LogP contribution is 2.32. The van der Waals surface area contributed by atoms with Crippen molar-refractivity contribution in [1.29, 1.82) is 5.26 Å². The van der Waals surface area contributed by atoms with Crippen molar-refractivity contribution in [2.24, 2.45) is 0 Å². The number of amides is 1. The molecular formula is C18H15N5O. The van der Waals surface area contributed by atoms with Crippen LogP contribution >= 0.6 is 0 Å². The smallest absolute Gasteiger partial charge is 0.254 e. The van der Waals surface area contributed by atoms with E-state index < -0.39 is 0 Å². The molecule has 3 aromatic rings. The normalized spacial score (nSPS) is 17.1. The second-order valence-electron chi connectivity index (χ2n) is 5.83. The van der Waals surface area contributed by atoms with E-state index in [1.54, 1.807) is 24.3 Å². The number of rotatable bonds is 2. The Bertz CT molecular complexity index is 938. The van der Waals surface area contributed by atoms with E-state index in [0.717, 1.165) is 24.3 Å². The summed E-state index contributed by atoms with van der Waals surface area (Å²) in [5.41, 5.74) is 1.92. The summed E-state index contributed by atoms with van der Waals surface area (Å²) in [7, 11) is 0. The van der Waals surface area contributed by atoms with Crippen molar-refractivity contribution >= 4 is 11.6 Å². The fourth-order valence-electron chi connectivity index (χ4n) is 3.22. The molecule has 118 valence electrons. The number of aromatic nitrogens is 3. The molecule has 0 bridgehead atoms. The lowest BCUT2D eigenvalue weighted by Crippen LogP contribution is -2.31. The monoisotopic (exact) mass is 317 g/mol. The zero-order valence-corrected chi connectivity index (χ0v) is 13.0. The minimum atomic E-state index is -0.0782. The number of likely N-dealkylation sites (tertiary alicyclic amines) is 1. The van der Waals surface area contributed by atoms with Gasteiger partial charge in [0.25, 0.3) is 5.91 Å². The lowest BCUT2D eigenvalue weighted by Gasteiger charge is -2.23. The van der Waals surface area contributed by atoms with Crippen LogP contribution in [0.2, 0.25) is 0 Å². The Morgan fingerprint density at radius 3 is 2.79 bits per heavy atom. The maximum atomic E-state index is 12.9. The van der Waals surface area contributed by atoms with Gasteiger partial charge in [0, 0.05) is 18.3 Å². The number of carbonyl (C=O) groups is 1. The first-order valence-corrected chi connectivity index (χ1v) is 7.89. The molecule has 2 aromatic heterocycles. The SMILES string of the molecule is N#Cc1ccc(C(=O)N2CCC[C@@H]2c2nnc3ccccn23)cc1. The van der Waals surface area contributed by atoms with E-state index in [0.29, 0.717) is 17.7 Å². The third kappa shape index (κ3) is 2.31. The summed E-state index contributed by atoms with van der Waals surface area (Å²) in [6.45, 7) is 0.700. The third-order valence-corrected chi connectivity index (χ3v) is 4.41. The van der Waals surface area contributed by atoms with Crippen molar-refractivity contribution in [3.8, 4) is 6.07 Å². The van der Waals surface area contributed by atoms with Crippen LogP contribution in [0.1, 0.15) is 40.6 Å². The topological polar surface area (TPSA) is 74.3 Å². The molecule has 0 N–H and O–H groups in total. The molecule has 0 radical (unpaired) electrons. The Morgan fingerprint density at radius 1 is 1.17 bits per heavy atom. The molecule has 3 heterocycles. The van der Waals surface area contributed by atoms with Crippen molar-refractivity contribution in [2.75, 3.05) is 6.54 Å². The van der Waals surface area contributed by atoms with Gasteiger partial charge in [-0.25, -0.2) is 0 Å². The number of hydrogen-bond donors (Lipinski definition) is 0. The van der Waals surface area contributed by atoms with Crippen LogP contribution in [0.5, 0.6) is 0 Å². The predicted molar refractivity (Wildman–Crippen MR) is 87.2 cm³/mol. The van der Waals surface area contributed by atoms with Gasteiger partial charge in [0.15, 0.2) is 11.5 Å². The first kappa shape index (κ1) is 14.4. The number of carbonyl (C=O) groups excluding carboxylic acids is 1. The molecule has 0 spiro atoms. The van der Waals surface area contributed by atoms with Crippen molar-refractivity contribution in [2.45, 2.75) is 18.9 Å². The van der Waals surface area contributed by atoms with Crippen LogP contribution in [0.4, 0.5) is 0 Å². The molecule has 0 unspecified atom stereocenters. The maximum absolute atomic E-state index is 12.9. The van der Waals surface area contributed by atoms with E-state index in [-0.39, 0.29) is 11.9 Å². The Labute approximate surface area is 139 Å². The molecule has 6 nitrogen and oxygen atoms in total. The van der Waals surface area contributed by atoms with Crippen LogP contribution in [0, 0.1) is 11.3 Å². The fourth-order valence-corrected chi connectivity index (χ4v) is 3.22. The average Bonchev–Trinajstić information content (AvgIpc) is 3.27. The van der Waals surface area contributed by atoms with Crippen molar-refractivity contribution in [3.63, 3.8) is 0 Å². The Morgan fingerprint density at radius 2 is 2.00 bits per heavy atom. The molecule has 1 aromatic carbocycles. The Kier molecular flexibility index (Phi) is 3.47. The summed E-state index contributed by atoms with van der Waals surface area (Å²) in [5.74, 6) is 0.764. The van der Waals surface area contributed by atoms with Gasteiger partial charge < -0.3 is 4.90 Å². The summed E-state index contributed by atoms with van der Waals surface area (Å²) in [6.07, 6.45) is 3.74. The fraction of sp³-hybridized carbons (Fsp3) is 0.222. The number of hydrogen-bond acceptors (Lipinski definition) is 4. The van der Waals surface area contributed by atoms with Gasteiger partial charge in [-0.3, -0.25) is 9.20 Å². The zero-order chi connectivity index (χ0) is 16.5. The van der Waals surface area contributed by atoms with E-state index in [1.807, 2.05) is 33.7 Å². The molecule has 1 aliphatic heterocycles. The summed E-state index contributed by atoms with van der Waals surface area (Å²) < 4.78 is 1.94. The maximum Gasteiger partial charge on any atom is 0.254 e.